The average Bonchev–Trinajstić information content (AvgIpc) is 3.09. The van der Waals surface area contributed by atoms with Crippen molar-refractivity contribution in [3.8, 4) is 0 Å². The minimum Gasteiger partial charge on any atom is -0.387 e. The molecule has 4 N–H and O–H groups in total. The van der Waals surface area contributed by atoms with Gasteiger partial charge in [-0.1, -0.05) is 19.3 Å². The Balaban J connectivity index is 1.56. The molecule has 12 nitrogen and oxygen atoms in total. The maximum atomic E-state index is 13.1. The van der Waals surface area contributed by atoms with Gasteiger partial charge >= 0.3 is 13.5 Å². The normalized spacial score (nSPS) is 26.1. The Labute approximate surface area is 194 Å². The molecule has 1 saturated heterocycles. The molecule has 1 saturated carbocycles. The molecule has 1 aliphatic carbocycles. The van der Waals surface area contributed by atoms with E-state index in [9.17, 15) is 24.4 Å². The molecule has 2 aromatic rings. The fraction of sp³-hybridized carbons (Fsp3) is 0.571. The van der Waals surface area contributed by atoms with E-state index in [4.69, 9.17) is 14.5 Å². The zero-order chi connectivity index (χ0) is 24.5. The largest absolute Gasteiger partial charge is 0.469 e. The van der Waals surface area contributed by atoms with Crippen LogP contribution in [-0.2, 0) is 20.4 Å². The summed E-state index contributed by atoms with van der Waals surface area (Å²) in [6, 6.07) is 4.99. The highest BCUT2D eigenvalue weighted by atomic mass is 31.2. The van der Waals surface area contributed by atoms with Gasteiger partial charge in [-0.15, -0.1) is 0 Å². The van der Waals surface area contributed by atoms with Crippen LogP contribution in [0.3, 0.4) is 0 Å². The van der Waals surface area contributed by atoms with Gasteiger partial charge in [-0.2, -0.15) is 0 Å². The highest BCUT2D eigenvalue weighted by Crippen LogP contribution is 2.38. The molecule has 4 atom stereocenters. The van der Waals surface area contributed by atoms with Gasteiger partial charge in [0.2, 0.25) is 0 Å². The van der Waals surface area contributed by atoms with E-state index < -0.39 is 50.2 Å². The summed E-state index contributed by atoms with van der Waals surface area (Å²) in [7, 11) is -4.83. The standard InChI is InChI=1S/C21H28N3O9P/c25-17-7-9-23(20-19(27)18(26)16(33-20)12-32-34(29,30)31)21(28)24(17)11-15-10-14(6-8-22-15)13-4-2-1-3-5-13/h6-10,13,16,18-20,26-27H,1-5,11-12H2,(H2,29,30,31)/t16-,18?,19?,20-/m1/s1. The predicted octanol–water partition coefficient (Wildman–Crippen LogP) is 0.229. The molecule has 2 fully saturated rings. The summed E-state index contributed by atoms with van der Waals surface area (Å²) in [5.41, 5.74) is 0.311. The van der Waals surface area contributed by atoms with E-state index in [1.165, 1.54) is 19.3 Å². The second kappa shape index (κ2) is 10.2. The summed E-state index contributed by atoms with van der Waals surface area (Å²) in [6.07, 6.45) is 2.69. The van der Waals surface area contributed by atoms with Crippen LogP contribution in [0.1, 0.15) is 55.5 Å². The van der Waals surface area contributed by atoms with E-state index in [1.807, 2.05) is 12.1 Å². The minimum atomic E-state index is -4.83. The Morgan fingerprint density at radius 1 is 1.12 bits per heavy atom. The molecule has 1 aliphatic heterocycles. The van der Waals surface area contributed by atoms with Gasteiger partial charge in [0.15, 0.2) is 6.23 Å². The smallest absolute Gasteiger partial charge is 0.387 e. The third kappa shape index (κ3) is 5.55. The van der Waals surface area contributed by atoms with E-state index in [2.05, 4.69) is 9.51 Å². The highest BCUT2D eigenvalue weighted by Gasteiger charge is 2.45. The van der Waals surface area contributed by atoms with Crippen LogP contribution < -0.4 is 11.2 Å². The Morgan fingerprint density at radius 3 is 2.56 bits per heavy atom. The van der Waals surface area contributed by atoms with Crippen molar-refractivity contribution in [3.05, 3.63) is 62.7 Å². The van der Waals surface area contributed by atoms with Crippen LogP contribution in [0, 0.1) is 0 Å². The van der Waals surface area contributed by atoms with Crippen LogP contribution in [0.15, 0.2) is 40.2 Å². The Morgan fingerprint density at radius 2 is 1.85 bits per heavy atom. The monoisotopic (exact) mass is 497 g/mol. The molecule has 0 spiro atoms. The summed E-state index contributed by atoms with van der Waals surface area (Å²) in [5, 5.41) is 20.6. The van der Waals surface area contributed by atoms with Crippen molar-refractivity contribution in [2.75, 3.05) is 6.61 Å². The molecule has 13 heteroatoms. The maximum absolute atomic E-state index is 13.1. The summed E-state index contributed by atoms with van der Waals surface area (Å²) in [5.74, 6) is 0.426. The maximum Gasteiger partial charge on any atom is 0.469 e. The first-order chi connectivity index (χ1) is 16.1. The van der Waals surface area contributed by atoms with E-state index in [-0.39, 0.29) is 6.54 Å². The Kier molecular flexibility index (Phi) is 7.48. The zero-order valence-electron chi connectivity index (χ0n) is 18.3. The molecule has 34 heavy (non-hydrogen) atoms. The summed E-state index contributed by atoms with van der Waals surface area (Å²) < 4.78 is 22.6. The van der Waals surface area contributed by atoms with Gasteiger partial charge in [-0.3, -0.25) is 23.4 Å². The van der Waals surface area contributed by atoms with E-state index >= 15 is 0 Å². The van der Waals surface area contributed by atoms with Gasteiger partial charge in [0.25, 0.3) is 5.56 Å². The molecular weight excluding hydrogens is 469 g/mol. The van der Waals surface area contributed by atoms with Crippen molar-refractivity contribution in [3.63, 3.8) is 0 Å². The molecule has 4 rings (SSSR count). The number of rotatable bonds is 7. The number of aromatic nitrogens is 3. The van der Waals surface area contributed by atoms with E-state index in [0.717, 1.165) is 39.8 Å². The second-order valence-electron chi connectivity index (χ2n) is 8.68. The first kappa shape index (κ1) is 24.9. The lowest BCUT2D eigenvalue weighted by atomic mass is 9.84. The number of pyridine rings is 1. The van der Waals surface area contributed by atoms with Crippen molar-refractivity contribution in [2.24, 2.45) is 0 Å². The number of hydrogen-bond acceptors (Lipinski definition) is 8. The number of ether oxygens (including phenoxy) is 1. The third-order valence-electron chi connectivity index (χ3n) is 6.35. The quantitative estimate of drug-likeness (QED) is 0.388. The van der Waals surface area contributed by atoms with Crippen LogP contribution in [-0.4, -0.2) is 59.0 Å². The summed E-state index contributed by atoms with van der Waals surface area (Å²) >= 11 is 0. The highest BCUT2D eigenvalue weighted by molar-refractivity contribution is 7.46. The number of hydrogen-bond donors (Lipinski definition) is 4. The Bertz CT molecular complexity index is 1170. The third-order valence-corrected chi connectivity index (χ3v) is 6.84. The molecule has 0 bridgehead atoms. The van der Waals surface area contributed by atoms with Gasteiger partial charge in [-0.05, 0) is 36.5 Å². The number of phosphoric acid groups is 1. The van der Waals surface area contributed by atoms with Crippen molar-refractivity contribution in [2.45, 2.75) is 69.1 Å². The SMILES string of the molecule is O=c1ccn([C@@H]2O[C@H](COP(=O)(O)O)C(O)C2O)c(=O)n1Cc1cc(C2CCCCC2)ccn1. The zero-order valence-corrected chi connectivity index (χ0v) is 19.2. The van der Waals surface area contributed by atoms with Crippen molar-refractivity contribution >= 4 is 7.82 Å². The fourth-order valence-corrected chi connectivity index (χ4v) is 4.91. The van der Waals surface area contributed by atoms with Gasteiger partial charge in [0.05, 0.1) is 18.8 Å². The van der Waals surface area contributed by atoms with Crippen LogP contribution in [0.2, 0.25) is 0 Å². The predicted molar refractivity (Wildman–Crippen MR) is 118 cm³/mol. The minimum absolute atomic E-state index is 0.0881. The van der Waals surface area contributed by atoms with Crippen LogP contribution >= 0.6 is 7.82 Å². The van der Waals surface area contributed by atoms with Gasteiger partial charge < -0.3 is 24.7 Å². The lowest BCUT2D eigenvalue weighted by molar-refractivity contribution is -0.0548. The molecule has 2 aromatic heterocycles. The van der Waals surface area contributed by atoms with Crippen molar-refractivity contribution in [1.82, 2.24) is 14.1 Å². The van der Waals surface area contributed by atoms with Crippen LogP contribution in [0.4, 0.5) is 0 Å². The number of phosphoric ester groups is 1. The molecule has 186 valence electrons. The molecule has 0 amide bonds. The number of nitrogens with zero attached hydrogens (tertiary/aromatic N) is 3. The van der Waals surface area contributed by atoms with Gasteiger partial charge in [0, 0.05) is 18.5 Å². The lowest BCUT2D eigenvalue weighted by Crippen LogP contribution is -2.43. The van der Waals surface area contributed by atoms with Gasteiger partial charge in [-0.25, -0.2) is 9.36 Å². The van der Waals surface area contributed by atoms with Crippen LogP contribution in [0.5, 0.6) is 0 Å². The first-order valence-corrected chi connectivity index (χ1v) is 12.7. The average molecular weight is 497 g/mol. The summed E-state index contributed by atoms with van der Waals surface area (Å²) in [6.45, 7) is -0.791. The molecule has 3 heterocycles. The number of aliphatic hydroxyl groups is 2. The molecule has 0 radical (unpaired) electrons. The molecule has 0 aromatic carbocycles. The van der Waals surface area contributed by atoms with E-state index in [0.29, 0.717) is 11.6 Å². The van der Waals surface area contributed by atoms with E-state index in [1.54, 1.807) is 6.20 Å². The Hall–Kier alpha value is -2.18. The molecular formula is C21H28N3O9P. The van der Waals surface area contributed by atoms with Crippen molar-refractivity contribution in [1.29, 1.82) is 0 Å². The lowest BCUT2D eigenvalue weighted by Gasteiger charge is -2.22. The molecule has 2 unspecified atom stereocenters. The summed E-state index contributed by atoms with van der Waals surface area (Å²) in [4.78, 5) is 47.6. The first-order valence-electron chi connectivity index (χ1n) is 11.1. The fourth-order valence-electron chi connectivity index (χ4n) is 4.57. The molecule has 2 aliphatic rings. The van der Waals surface area contributed by atoms with Crippen LogP contribution in [0.25, 0.3) is 0 Å². The van der Waals surface area contributed by atoms with Gasteiger partial charge in [0.1, 0.15) is 18.3 Å². The number of aliphatic hydroxyl groups excluding tert-OH is 2. The van der Waals surface area contributed by atoms with Crippen molar-refractivity contribution < 1.29 is 33.8 Å². The second-order valence-corrected chi connectivity index (χ2v) is 9.92. The topological polar surface area (TPSA) is 173 Å².